The van der Waals surface area contributed by atoms with Crippen molar-refractivity contribution in [3.8, 4) is 0 Å². The molecule has 1 unspecified atom stereocenters. The molecule has 1 fully saturated rings. The van der Waals surface area contributed by atoms with Crippen LogP contribution in [0.2, 0.25) is 0 Å². The molecule has 2 aromatic rings. The second-order valence-corrected chi connectivity index (χ2v) is 7.86. The van der Waals surface area contributed by atoms with E-state index in [0.717, 1.165) is 13.0 Å². The number of nitrogens with one attached hydrogen (secondary N) is 1. The molecule has 1 aromatic carbocycles. The van der Waals surface area contributed by atoms with Crippen molar-refractivity contribution in [2.24, 2.45) is 0 Å². The minimum absolute atomic E-state index is 0. The number of rotatable bonds is 6. The van der Waals surface area contributed by atoms with Crippen molar-refractivity contribution in [3.63, 3.8) is 0 Å². The fourth-order valence-electron chi connectivity index (χ4n) is 3.23. The summed E-state index contributed by atoms with van der Waals surface area (Å²) in [4.78, 5) is 14.9. The smallest absolute Gasteiger partial charge is 0.278 e. The standard InChI is InChI=1S/C16H20N4O4S.ClH/c1-2-10-19(12-7-9-17-11-12)25(23,24)15-6-5-14(20(21)22)13-4-3-8-18-16(13)15;/h3-6,8,12,17H,2,7,9-11H2,1H3;1H. The molecule has 1 aromatic heterocycles. The summed E-state index contributed by atoms with van der Waals surface area (Å²) in [6, 6.07) is 5.53. The van der Waals surface area contributed by atoms with Crippen molar-refractivity contribution in [2.75, 3.05) is 19.6 Å². The van der Waals surface area contributed by atoms with E-state index in [2.05, 4.69) is 10.3 Å². The Morgan fingerprint density at radius 2 is 2.15 bits per heavy atom. The number of nitrogens with zero attached hydrogens (tertiary/aromatic N) is 3. The molecule has 10 heteroatoms. The van der Waals surface area contributed by atoms with Gasteiger partial charge in [-0.1, -0.05) is 6.92 Å². The van der Waals surface area contributed by atoms with Gasteiger partial charge in [0.25, 0.3) is 5.69 Å². The van der Waals surface area contributed by atoms with Gasteiger partial charge in [0.15, 0.2) is 0 Å². The van der Waals surface area contributed by atoms with Gasteiger partial charge < -0.3 is 5.32 Å². The number of sulfonamides is 1. The van der Waals surface area contributed by atoms with Gasteiger partial charge >= 0.3 is 0 Å². The lowest BCUT2D eigenvalue weighted by molar-refractivity contribution is -0.383. The normalized spacial score (nSPS) is 17.4. The first-order valence-corrected chi connectivity index (χ1v) is 9.65. The van der Waals surface area contributed by atoms with Crippen molar-refractivity contribution in [1.29, 1.82) is 0 Å². The van der Waals surface area contributed by atoms with Crippen LogP contribution in [0.4, 0.5) is 5.69 Å². The minimum atomic E-state index is -3.81. The van der Waals surface area contributed by atoms with E-state index in [1.165, 1.54) is 28.7 Å². The van der Waals surface area contributed by atoms with Crippen LogP contribution in [0.15, 0.2) is 35.4 Å². The van der Waals surface area contributed by atoms with Crippen molar-refractivity contribution >= 4 is 39.0 Å². The van der Waals surface area contributed by atoms with Crippen LogP contribution in [0.25, 0.3) is 10.9 Å². The fraction of sp³-hybridized carbons (Fsp3) is 0.438. The monoisotopic (exact) mass is 400 g/mol. The molecule has 1 aliphatic rings. The number of aromatic nitrogens is 1. The summed E-state index contributed by atoms with van der Waals surface area (Å²) in [6.07, 6.45) is 2.89. The largest absolute Gasteiger partial charge is 0.315 e. The molecule has 2 heterocycles. The van der Waals surface area contributed by atoms with Crippen LogP contribution in [0.5, 0.6) is 0 Å². The first-order chi connectivity index (χ1) is 12.0. The first-order valence-electron chi connectivity index (χ1n) is 8.21. The molecule has 1 N–H and O–H groups in total. The number of nitro benzene ring substituents is 1. The van der Waals surface area contributed by atoms with Crippen molar-refractivity contribution in [1.82, 2.24) is 14.6 Å². The number of hydrogen-bond donors (Lipinski definition) is 1. The maximum atomic E-state index is 13.3. The van der Waals surface area contributed by atoms with E-state index in [1.54, 1.807) is 6.07 Å². The Hall–Kier alpha value is -1.81. The third-order valence-corrected chi connectivity index (χ3v) is 6.36. The molecule has 0 bridgehead atoms. The topological polar surface area (TPSA) is 105 Å². The fourth-order valence-corrected chi connectivity index (χ4v) is 5.13. The molecule has 0 spiro atoms. The van der Waals surface area contributed by atoms with Crippen molar-refractivity contribution < 1.29 is 13.3 Å². The van der Waals surface area contributed by atoms with Gasteiger partial charge in [0.05, 0.1) is 15.8 Å². The summed E-state index contributed by atoms with van der Waals surface area (Å²) in [5.74, 6) is 0. The van der Waals surface area contributed by atoms with Crippen LogP contribution in [0, 0.1) is 10.1 Å². The number of nitro groups is 1. The maximum Gasteiger partial charge on any atom is 0.278 e. The van der Waals surface area contributed by atoms with Gasteiger partial charge in [-0.3, -0.25) is 15.1 Å². The highest BCUT2D eigenvalue weighted by Gasteiger charge is 2.34. The lowest BCUT2D eigenvalue weighted by Gasteiger charge is -2.27. The van der Waals surface area contributed by atoms with E-state index in [0.29, 0.717) is 19.5 Å². The zero-order valence-corrected chi connectivity index (χ0v) is 15.9. The predicted octanol–water partition coefficient (Wildman–Crippen LogP) is 2.33. The van der Waals surface area contributed by atoms with Gasteiger partial charge in [0, 0.05) is 31.4 Å². The number of non-ortho nitro benzene ring substituents is 1. The van der Waals surface area contributed by atoms with Gasteiger partial charge in [-0.15, -0.1) is 12.4 Å². The second kappa shape index (κ2) is 8.26. The molecule has 1 aliphatic heterocycles. The van der Waals surface area contributed by atoms with E-state index < -0.39 is 14.9 Å². The number of pyridine rings is 1. The molecule has 0 radical (unpaired) electrons. The van der Waals surface area contributed by atoms with Crippen LogP contribution in [-0.4, -0.2) is 48.3 Å². The summed E-state index contributed by atoms with van der Waals surface area (Å²) in [5.41, 5.74) is -0.00427. The Morgan fingerprint density at radius 1 is 1.38 bits per heavy atom. The van der Waals surface area contributed by atoms with Gasteiger partial charge in [0.1, 0.15) is 4.90 Å². The molecular formula is C16H21ClN4O4S. The summed E-state index contributed by atoms with van der Waals surface area (Å²) in [6.45, 7) is 3.72. The van der Waals surface area contributed by atoms with E-state index in [1.807, 2.05) is 6.92 Å². The molecular weight excluding hydrogens is 380 g/mol. The number of fused-ring (bicyclic) bond motifs is 1. The molecule has 0 saturated carbocycles. The molecule has 3 rings (SSSR count). The minimum Gasteiger partial charge on any atom is -0.315 e. The average molecular weight is 401 g/mol. The number of halogens is 1. The third-order valence-electron chi connectivity index (χ3n) is 4.38. The molecule has 1 saturated heterocycles. The highest BCUT2D eigenvalue weighted by Crippen LogP contribution is 2.32. The van der Waals surface area contributed by atoms with Crippen molar-refractivity contribution in [3.05, 3.63) is 40.6 Å². The zero-order valence-electron chi connectivity index (χ0n) is 14.3. The Kier molecular flexibility index (Phi) is 6.51. The van der Waals surface area contributed by atoms with Gasteiger partial charge in [0.2, 0.25) is 10.0 Å². The molecule has 1 atom stereocenters. The van der Waals surface area contributed by atoms with E-state index >= 15 is 0 Å². The Balaban J connectivity index is 0.00000243. The average Bonchev–Trinajstić information content (AvgIpc) is 3.12. The Bertz CT molecular complexity index is 900. The SMILES string of the molecule is CCCN(C1CCNC1)S(=O)(=O)c1ccc([N+](=O)[O-])c2cccnc12.Cl. The van der Waals surface area contributed by atoms with Crippen LogP contribution < -0.4 is 5.32 Å². The van der Waals surface area contributed by atoms with Gasteiger partial charge in [-0.25, -0.2) is 8.42 Å². The summed E-state index contributed by atoms with van der Waals surface area (Å²) in [7, 11) is -3.81. The van der Waals surface area contributed by atoms with Crippen LogP contribution >= 0.6 is 12.4 Å². The van der Waals surface area contributed by atoms with Crippen LogP contribution in [-0.2, 0) is 10.0 Å². The second-order valence-electron chi connectivity index (χ2n) is 6.00. The van der Waals surface area contributed by atoms with Crippen molar-refractivity contribution in [2.45, 2.75) is 30.7 Å². The lowest BCUT2D eigenvalue weighted by Crippen LogP contribution is -2.42. The zero-order chi connectivity index (χ0) is 18.0. The Labute approximate surface area is 158 Å². The maximum absolute atomic E-state index is 13.3. The van der Waals surface area contributed by atoms with Gasteiger partial charge in [-0.05, 0) is 37.6 Å². The summed E-state index contributed by atoms with van der Waals surface area (Å²) >= 11 is 0. The predicted molar refractivity (Wildman–Crippen MR) is 101 cm³/mol. The van der Waals surface area contributed by atoms with E-state index in [9.17, 15) is 18.5 Å². The highest BCUT2D eigenvalue weighted by molar-refractivity contribution is 7.89. The quantitative estimate of drug-likeness (QED) is 0.589. The van der Waals surface area contributed by atoms with Crippen LogP contribution in [0.3, 0.4) is 0 Å². The molecule has 0 aliphatic carbocycles. The highest BCUT2D eigenvalue weighted by atomic mass is 35.5. The van der Waals surface area contributed by atoms with Crippen LogP contribution in [0.1, 0.15) is 19.8 Å². The van der Waals surface area contributed by atoms with E-state index in [-0.39, 0.29) is 39.9 Å². The lowest BCUT2D eigenvalue weighted by atomic mass is 10.2. The Morgan fingerprint density at radius 3 is 2.77 bits per heavy atom. The molecule has 142 valence electrons. The summed E-state index contributed by atoms with van der Waals surface area (Å²) < 4.78 is 28.1. The number of hydrogen-bond acceptors (Lipinski definition) is 6. The number of benzene rings is 1. The van der Waals surface area contributed by atoms with E-state index in [4.69, 9.17) is 0 Å². The molecule has 26 heavy (non-hydrogen) atoms. The van der Waals surface area contributed by atoms with Gasteiger partial charge in [-0.2, -0.15) is 4.31 Å². The summed E-state index contributed by atoms with van der Waals surface area (Å²) in [5, 5.41) is 14.6. The molecule has 8 nitrogen and oxygen atoms in total. The third kappa shape index (κ3) is 3.66. The molecule has 0 amide bonds. The first kappa shape index (κ1) is 20.5.